The van der Waals surface area contributed by atoms with Gasteiger partial charge in [0.1, 0.15) is 5.82 Å². The first kappa shape index (κ1) is 11.4. The normalized spacial score (nSPS) is 24.7. The molecule has 2 atom stereocenters. The minimum absolute atomic E-state index is 0.0233. The topological polar surface area (TPSA) is 45.6 Å². The van der Waals surface area contributed by atoms with Crippen LogP contribution in [0.2, 0.25) is 0 Å². The van der Waals surface area contributed by atoms with E-state index in [0.29, 0.717) is 6.04 Å². The number of hydrogen-bond donors (Lipinski definition) is 1. The molecule has 1 aliphatic rings. The molecule has 88 valence electrons. The number of rotatable bonds is 3. The van der Waals surface area contributed by atoms with Gasteiger partial charge in [0, 0.05) is 25.4 Å². The van der Waals surface area contributed by atoms with Gasteiger partial charge >= 0.3 is 0 Å². The zero-order chi connectivity index (χ0) is 11.5. The number of likely N-dealkylation sites (N-methyl/N-ethyl adjacent to an activating group) is 1. The van der Waals surface area contributed by atoms with Crippen molar-refractivity contribution in [2.45, 2.75) is 32.1 Å². The molecule has 4 nitrogen and oxygen atoms in total. The van der Waals surface area contributed by atoms with E-state index in [-0.39, 0.29) is 12.7 Å². The molecule has 0 aliphatic carbocycles. The van der Waals surface area contributed by atoms with Gasteiger partial charge in [-0.2, -0.15) is 0 Å². The van der Waals surface area contributed by atoms with Crippen LogP contribution < -0.4 is 4.90 Å². The molecule has 1 N–H and O–H groups in total. The number of anilines is 1. The molecule has 0 saturated carbocycles. The third-order valence-electron chi connectivity index (χ3n) is 3.21. The smallest absolute Gasteiger partial charge is 0.134 e. The zero-order valence-electron chi connectivity index (χ0n) is 9.76. The molecule has 16 heavy (non-hydrogen) atoms. The molecule has 2 heterocycles. The van der Waals surface area contributed by atoms with Gasteiger partial charge in [-0.05, 0) is 19.4 Å². The molecule has 0 spiro atoms. The third kappa shape index (κ3) is 2.03. The molecule has 0 bridgehead atoms. The Hall–Kier alpha value is -1.13. The first-order valence-electron chi connectivity index (χ1n) is 5.63. The fourth-order valence-electron chi connectivity index (χ4n) is 2.26. The van der Waals surface area contributed by atoms with Gasteiger partial charge in [-0.3, -0.25) is 0 Å². The summed E-state index contributed by atoms with van der Waals surface area (Å²) in [5.74, 6) is 0.854. The molecule has 1 aromatic rings. The summed E-state index contributed by atoms with van der Waals surface area (Å²) in [6.07, 6.45) is 2.99. The summed E-state index contributed by atoms with van der Waals surface area (Å²) < 4.78 is 5.55. The highest BCUT2D eigenvalue weighted by Crippen LogP contribution is 2.25. The molecular weight excluding hydrogens is 204 g/mol. The van der Waals surface area contributed by atoms with Gasteiger partial charge in [-0.1, -0.05) is 6.07 Å². The second-order valence-corrected chi connectivity index (χ2v) is 4.19. The molecule has 0 amide bonds. The van der Waals surface area contributed by atoms with E-state index in [1.165, 1.54) is 0 Å². The van der Waals surface area contributed by atoms with E-state index in [2.05, 4.69) is 16.8 Å². The van der Waals surface area contributed by atoms with Crippen molar-refractivity contribution in [3.8, 4) is 0 Å². The molecule has 2 rings (SSSR count). The molecule has 1 saturated heterocycles. The number of pyridine rings is 1. The quantitative estimate of drug-likeness (QED) is 0.834. The van der Waals surface area contributed by atoms with Crippen molar-refractivity contribution < 1.29 is 9.84 Å². The Bertz CT molecular complexity index is 357. The molecule has 1 aromatic heterocycles. The maximum atomic E-state index is 9.28. The van der Waals surface area contributed by atoms with Crippen molar-refractivity contribution in [3.05, 3.63) is 23.9 Å². The van der Waals surface area contributed by atoms with Crippen LogP contribution in [0.4, 0.5) is 5.82 Å². The van der Waals surface area contributed by atoms with Crippen molar-refractivity contribution in [2.75, 3.05) is 18.6 Å². The van der Waals surface area contributed by atoms with Crippen molar-refractivity contribution in [2.24, 2.45) is 0 Å². The van der Waals surface area contributed by atoms with Gasteiger partial charge in [0.2, 0.25) is 0 Å². The standard InChI is InChI=1S/C12H18N2O2/c1-9-11(5-7-16-9)14(2)12-10(8-15)4-3-6-13-12/h3-4,6,9,11,15H,5,7-8H2,1-2H3. The van der Waals surface area contributed by atoms with Crippen LogP contribution in [0.25, 0.3) is 0 Å². The second kappa shape index (κ2) is 4.80. The number of ether oxygens (including phenoxy) is 1. The van der Waals surface area contributed by atoms with Crippen molar-refractivity contribution in [1.82, 2.24) is 4.98 Å². The Balaban J connectivity index is 2.22. The highest BCUT2D eigenvalue weighted by molar-refractivity contribution is 5.47. The van der Waals surface area contributed by atoms with Gasteiger partial charge in [0.15, 0.2) is 0 Å². The summed E-state index contributed by atoms with van der Waals surface area (Å²) in [4.78, 5) is 6.45. The van der Waals surface area contributed by atoms with Crippen LogP contribution in [0, 0.1) is 0 Å². The Kier molecular flexibility index (Phi) is 3.41. The van der Waals surface area contributed by atoms with E-state index >= 15 is 0 Å². The first-order chi connectivity index (χ1) is 7.74. The maximum absolute atomic E-state index is 9.28. The summed E-state index contributed by atoms with van der Waals surface area (Å²) in [5, 5.41) is 9.28. The number of aliphatic hydroxyl groups excluding tert-OH is 1. The lowest BCUT2D eigenvalue weighted by Crippen LogP contribution is -2.37. The SMILES string of the molecule is CC1OCCC1N(C)c1ncccc1CO. The number of aliphatic hydroxyl groups is 1. The summed E-state index contributed by atoms with van der Waals surface area (Å²) in [6, 6.07) is 4.09. The molecule has 1 fully saturated rings. The van der Waals surface area contributed by atoms with Crippen molar-refractivity contribution in [3.63, 3.8) is 0 Å². The van der Waals surface area contributed by atoms with E-state index in [4.69, 9.17) is 4.74 Å². The molecule has 2 unspecified atom stereocenters. The summed E-state index contributed by atoms with van der Waals surface area (Å²) in [6.45, 7) is 2.91. The van der Waals surface area contributed by atoms with Crippen LogP contribution in [-0.4, -0.2) is 35.9 Å². The Morgan fingerprint density at radius 3 is 3.06 bits per heavy atom. The van der Waals surface area contributed by atoms with Crippen LogP contribution in [0.15, 0.2) is 18.3 Å². The van der Waals surface area contributed by atoms with Crippen molar-refractivity contribution >= 4 is 5.82 Å². The highest BCUT2D eigenvalue weighted by atomic mass is 16.5. The largest absolute Gasteiger partial charge is 0.392 e. The van der Waals surface area contributed by atoms with Gasteiger partial charge < -0.3 is 14.7 Å². The van der Waals surface area contributed by atoms with Crippen LogP contribution in [0.3, 0.4) is 0 Å². The average molecular weight is 222 g/mol. The highest BCUT2D eigenvalue weighted by Gasteiger charge is 2.29. The minimum Gasteiger partial charge on any atom is -0.392 e. The number of nitrogens with zero attached hydrogens (tertiary/aromatic N) is 2. The van der Waals surface area contributed by atoms with Gasteiger partial charge in [0.05, 0.1) is 18.8 Å². The van der Waals surface area contributed by atoms with Gasteiger partial charge in [-0.25, -0.2) is 4.98 Å². The monoisotopic (exact) mass is 222 g/mol. The summed E-state index contributed by atoms with van der Waals surface area (Å²) in [7, 11) is 2.01. The van der Waals surface area contributed by atoms with E-state index in [1.54, 1.807) is 6.20 Å². The lowest BCUT2D eigenvalue weighted by molar-refractivity contribution is 0.118. The zero-order valence-corrected chi connectivity index (χ0v) is 9.76. The van der Waals surface area contributed by atoms with E-state index in [9.17, 15) is 5.11 Å². The average Bonchev–Trinajstić information content (AvgIpc) is 2.74. The van der Waals surface area contributed by atoms with Gasteiger partial charge in [-0.15, -0.1) is 0 Å². The maximum Gasteiger partial charge on any atom is 0.134 e. The number of hydrogen-bond acceptors (Lipinski definition) is 4. The molecular formula is C12H18N2O2. The van der Waals surface area contributed by atoms with E-state index < -0.39 is 0 Å². The Morgan fingerprint density at radius 2 is 2.44 bits per heavy atom. The van der Waals surface area contributed by atoms with Crippen molar-refractivity contribution in [1.29, 1.82) is 0 Å². The summed E-state index contributed by atoms with van der Waals surface area (Å²) in [5.41, 5.74) is 0.865. The van der Waals surface area contributed by atoms with Crippen LogP contribution in [-0.2, 0) is 11.3 Å². The lowest BCUT2D eigenvalue weighted by Gasteiger charge is -2.29. The predicted octanol–water partition coefficient (Wildman–Crippen LogP) is 1.19. The van der Waals surface area contributed by atoms with Crippen LogP contribution in [0.5, 0.6) is 0 Å². The summed E-state index contributed by atoms with van der Waals surface area (Å²) >= 11 is 0. The molecule has 0 aromatic carbocycles. The Morgan fingerprint density at radius 1 is 1.62 bits per heavy atom. The Labute approximate surface area is 95.9 Å². The molecule has 4 heteroatoms. The van der Waals surface area contributed by atoms with Gasteiger partial charge in [0.25, 0.3) is 0 Å². The van der Waals surface area contributed by atoms with E-state index in [0.717, 1.165) is 24.4 Å². The van der Waals surface area contributed by atoms with E-state index in [1.807, 2.05) is 19.2 Å². The van der Waals surface area contributed by atoms with Crippen LogP contribution in [0.1, 0.15) is 18.9 Å². The second-order valence-electron chi connectivity index (χ2n) is 4.19. The first-order valence-corrected chi connectivity index (χ1v) is 5.63. The molecule has 1 aliphatic heterocycles. The third-order valence-corrected chi connectivity index (χ3v) is 3.21. The fourth-order valence-corrected chi connectivity index (χ4v) is 2.26. The number of aromatic nitrogens is 1. The minimum atomic E-state index is 0.0233. The lowest BCUT2D eigenvalue weighted by atomic mass is 10.1. The molecule has 0 radical (unpaired) electrons. The van der Waals surface area contributed by atoms with Crippen LogP contribution >= 0.6 is 0 Å². The fraction of sp³-hybridized carbons (Fsp3) is 0.583. The predicted molar refractivity (Wildman–Crippen MR) is 62.4 cm³/mol.